The van der Waals surface area contributed by atoms with E-state index in [9.17, 15) is 66.1 Å². The van der Waals surface area contributed by atoms with Crippen molar-refractivity contribution in [2.24, 2.45) is 0 Å². The summed E-state index contributed by atoms with van der Waals surface area (Å²) in [6, 6.07) is 10.4. The van der Waals surface area contributed by atoms with Gasteiger partial charge in [-0.3, -0.25) is 0 Å². The molecule has 17 heteroatoms. The summed E-state index contributed by atoms with van der Waals surface area (Å²) in [5, 5.41) is 126. The maximum Gasteiger partial charge on any atom is 0.338 e. The lowest BCUT2D eigenvalue weighted by molar-refractivity contribution is -0.219. The Bertz CT molecular complexity index is 2380. The van der Waals surface area contributed by atoms with Gasteiger partial charge in [-0.25, -0.2) is 4.79 Å². The van der Waals surface area contributed by atoms with E-state index in [4.69, 9.17) is 18.9 Å². The Morgan fingerprint density at radius 3 is 1.89 bits per heavy atom. The monoisotopic (exact) mass is 744 g/mol. The number of fused-ring (bicyclic) bond motifs is 8. The van der Waals surface area contributed by atoms with Crippen molar-refractivity contribution in [1.82, 2.24) is 0 Å². The number of hydrogen-bond acceptors (Lipinski definition) is 17. The van der Waals surface area contributed by atoms with Crippen LogP contribution in [-0.2, 0) is 16.9 Å². The summed E-state index contributed by atoms with van der Waals surface area (Å²) in [6.07, 6.45) is -4.91. The minimum absolute atomic E-state index is 0.00302. The number of ether oxygens (including phenoxy) is 4. The molecular weight excluding hydrogens is 716 g/mol. The van der Waals surface area contributed by atoms with E-state index in [0.717, 1.165) is 54.6 Å². The Balaban J connectivity index is 1.32. The average molecular weight is 745 g/mol. The fourth-order valence-electron chi connectivity index (χ4n) is 7.17. The van der Waals surface area contributed by atoms with Crippen molar-refractivity contribution in [3.63, 3.8) is 0 Å². The summed E-state index contributed by atoms with van der Waals surface area (Å²) >= 11 is 0. The number of aliphatic hydroxyl groups is 1. The van der Waals surface area contributed by atoms with Crippen molar-refractivity contribution in [3.8, 4) is 80.5 Å². The first-order chi connectivity index (χ1) is 25.6. The SMILES string of the molecule is O=C(O[C@@H]1Cc2c(O)cc3c(c2O[C@@H]1c1ccc(O)c(O)c1)[C@H]1c2c(O)cc(O)cc2O[C@@](c2cc(O)c(O)c(O)c2)(O3)[C@@H]1O)c1cc(O)c(O)c(O)c1. The molecule has 12 N–H and O–H groups in total. The second-order valence-corrected chi connectivity index (χ2v) is 12.9. The molecule has 0 saturated heterocycles. The van der Waals surface area contributed by atoms with Crippen molar-refractivity contribution in [2.75, 3.05) is 0 Å². The van der Waals surface area contributed by atoms with Gasteiger partial charge in [0.2, 0.25) is 0 Å². The number of aliphatic hydroxyl groups excluding tert-OH is 1. The summed E-state index contributed by atoms with van der Waals surface area (Å²) in [5.74, 6) is -13.1. The topological polar surface area (TPSA) is 297 Å². The number of aromatic hydroxyl groups is 11. The van der Waals surface area contributed by atoms with Crippen LogP contribution in [0.15, 0.2) is 60.7 Å². The van der Waals surface area contributed by atoms with Gasteiger partial charge in [0.05, 0.1) is 11.5 Å². The van der Waals surface area contributed by atoms with Crippen LogP contribution in [0.4, 0.5) is 0 Å². The molecule has 0 fully saturated rings. The number of phenols is 11. The molecule has 0 aliphatic carbocycles. The van der Waals surface area contributed by atoms with Gasteiger partial charge in [0.1, 0.15) is 46.7 Å². The Labute approximate surface area is 301 Å². The van der Waals surface area contributed by atoms with Crippen molar-refractivity contribution >= 4 is 5.97 Å². The second-order valence-electron chi connectivity index (χ2n) is 12.9. The zero-order valence-corrected chi connectivity index (χ0v) is 27.2. The highest BCUT2D eigenvalue weighted by Gasteiger charge is 2.60. The Kier molecular flexibility index (Phi) is 7.28. The van der Waals surface area contributed by atoms with E-state index in [1.807, 2.05) is 0 Å². The van der Waals surface area contributed by atoms with Crippen LogP contribution < -0.4 is 14.2 Å². The third-order valence-corrected chi connectivity index (χ3v) is 9.67. The highest BCUT2D eigenvalue weighted by atomic mass is 16.7. The summed E-state index contributed by atoms with van der Waals surface area (Å²) in [5.41, 5.74) is -0.563. The third kappa shape index (κ3) is 4.93. The molecule has 0 unspecified atom stereocenters. The van der Waals surface area contributed by atoms with Crippen molar-refractivity contribution in [3.05, 3.63) is 94.0 Å². The number of phenolic OH excluding ortho intramolecular Hbond substituents is 11. The van der Waals surface area contributed by atoms with Gasteiger partial charge >= 0.3 is 11.8 Å². The Morgan fingerprint density at radius 2 is 1.26 bits per heavy atom. The van der Waals surface area contributed by atoms with Crippen molar-refractivity contribution in [2.45, 2.75) is 36.4 Å². The summed E-state index contributed by atoms with van der Waals surface area (Å²) in [6.45, 7) is 0. The molecule has 278 valence electrons. The van der Waals surface area contributed by atoms with Gasteiger partial charge in [-0.2, -0.15) is 0 Å². The van der Waals surface area contributed by atoms with Crippen LogP contribution in [-0.4, -0.2) is 79.5 Å². The zero-order valence-electron chi connectivity index (χ0n) is 27.2. The number of carbonyl (C=O) groups is 1. The van der Waals surface area contributed by atoms with E-state index < -0.39 is 99.2 Å². The van der Waals surface area contributed by atoms with Crippen LogP contribution in [0.5, 0.6) is 80.5 Å². The number of esters is 1. The highest BCUT2D eigenvalue weighted by Crippen LogP contribution is 2.63. The lowest BCUT2D eigenvalue weighted by Gasteiger charge is -2.50. The molecule has 3 aliphatic heterocycles. The third-order valence-electron chi connectivity index (χ3n) is 9.67. The standard InChI is InChI=1S/C37H28O17/c38-15-8-20(42)28-25(9-15)53-37(14-6-23(45)32(48)24(46)7-14)35(49)30(28)29-26(54-37)11-18(40)16-10-27(51-36(50)13-4-21(43)31(47)22(44)5-13)33(52-34(16)29)12-1-2-17(39)19(41)3-12/h1-9,11,27,30,33,35,38-49H,10H2/t27-,30-,33-,35-,37+/m1/s1. The van der Waals surface area contributed by atoms with E-state index in [2.05, 4.69) is 0 Å². The normalized spacial score (nSPS) is 22.0. The van der Waals surface area contributed by atoms with E-state index in [-0.39, 0.29) is 57.1 Å². The van der Waals surface area contributed by atoms with Gasteiger partial charge in [-0.05, 0) is 36.4 Å². The van der Waals surface area contributed by atoms with Gasteiger partial charge < -0.3 is 80.2 Å². The van der Waals surface area contributed by atoms with E-state index in [1.165, 1.54) is 6.07 Å². The first-order valence-electron chi connectivity index (χ1n) is 16.0. The van der Waals surface area contributed by atoms with Crippen LogP contribution in [0.3, 0.4) is 0 Å². The highest BCUT2D eigenvalue weighted by molar-refractivity contribution is 5.91. The van der Waals surface area contributed by atoms with Crippen LogP contribution in [0.1, 0.15) is 50.2 Å². The second kappa shape index (κ2) is 11.6. The molecule has 17 nitrogen and oxygen atoms in total. The summed E-state index contributed by atoms with van der Waals surface area (Å²) in [7, 11) is 0. The lowest BCUT2D eigenvalue weighted by Crippen LogP contribution is -2.57. The average Bonchev–Trinajstić information content (AvgIpc) is 3.10. The molecule has 3 heterocycles. The van der Waals surface area contributed by atoms with Gasteiger partial charge in [-0.15, -0.1) is 0 Å². The first kappa shape index (κ1) is 33.9. The maximum absolute atomic E-state index is 13.4. The minimum Gasteiger partial charge on any atom is -0.508 e. The number of rotatable bonds is 4. The number of hydrogen-bond donors (Lipinski definition) is 12. The van der Waals surface area contributed by atoms with Gasteiger partial charge in [0, 0.05) is 52.4 Å². The smallest absolute Gasteiger partial charge is 0.338 e. The molecule has 2 bridgehead atoms. The van der Waals surface area contributed by atoms with Crippen molar-refractivity contribution in [1.29, 1.82) is 0 Å². The molecule has 0 spiro atoms. The summed E-state index contributed by atoms with van der Waals surface area (Å²) in [4.78, 5) is 13.4. The first-order valence-corrected chi connectivity index (χ1v) is 16.0. The van der Waals surface area contributed by atoms with Crippen LogP contribution in [0, 0.1) is 0 Å². The number of benzene rings is 5. The lowest BCUT2D eigenvalue weighted by atomic mass is 9.74. The Morgan fingerprint density at radius 1 is 0.648 bits per heavy atom. The largest absolute Gasteiger partial charge is 0.508 e. The van der Waals surface area contributed by atoms with Crippen LogP contribution in [0.25, 0.3) is 0 Å². The molecule has 0 aromatic heterocycles. The van der Waals surface area contributed by atoms with E-state index in [0.29, 0.717) is 0 Å². The van der Waals surface area contributed by atoms with Gasteiger partial charge in [0.15, 0.2) is 52.1 Å². The van der Waals surface area contributed by atoms with Gasteiger partial charge in [0.25, 0.3) is 0 Å². The fraction of sp³-hybridized carbons (Fsp3) is 0.162. The minimum atomic E-state index is -2.37. The fourth-order valence-corrected chi connectivity index (χ4v) is 7.17. The molecule has 0 saturated carbocycles. The molecule has 8 rings (SSSR count). The molecule has 54 heavy (non-hydrogen) atoms. The van der Waals surface area contributed by atoms with Crippen molar-refractivity contribution < 1.29 is 85.0 Å². The van der Waals surface area contributed by atoms with Gasteiger partial charge in [-0.1, -0.05) is 6.07 Å². The predicted molar refractivity (Wildman–Crippen MR) is 178 cm³/mol. The molecule has 0 radical (unpaired) electrons. The quantitative estimate of drug-likeness (QED) is 0.0926. The number of carbonyl (C=O) groups excluding carboxylic acids is 1. The van der Waals surface area contributed by atoms with E-state index >= 15 is 0 Å². The van der Waals surface area contributed by atoms with Crippen LogP contribution >= 0.6 is 0 Å². The Hall–Kier alpha value is -7.27. The molecule has 5 atom stereocenters. The molecule has 3 aliphatic rings. The van der Waals surface area contributed by atoms with Crippen LogP contribution in [0.2, 0.25) is 0 Å². The zero-order chi connectivity index (χ0) is 38.5. The molecular formula is C37H28O17. The maximum atomic E-state index is 13.4. The molecule has 5 aromatic rings. The predicted octanol–water partition coefficient (Wildman–Crippen LogP) is 3.48. The summed E-state index contributed by atoms with van der Waals surface area (Å²) < 4.78 is 24.6. The molecule has 5 aromatic carbocycles. The van der Waals surface area contributed by atoms with E-state index in [1.54, 1.807) is 0 Å². The molecule has 0 amide bonds.